The van der Waals surface area contributed by atoms with E-state index in [1.165, 1.54) is 12.1 Å². The van der Waals surface area contributed by atoms with Crippen LogP contribution in [-0.2, 0) is 6.61 Å². The van der Waals surface area contributed by atoms with E-state index in [9.17, 15) is 9.18 Å². The topological polar surface area (TPSA) is 26.3 Å². The summed E-state index contributed by atoms with van der Waals surface area (Å²) in [4.78, 5) is 12.5. The maximum atomic E-state index is 13.1. The summed E-state index contributed by atoms with van der Waals surface area (Å²) in [5.74, 6) is 0.433. The predicted molar refractivity (Wildman–Crippen MR) is 85.6 cm³/mol. The lowest BCUT2D eigenvalue weighted by atomic mass is 9.82. The summed E-state index contributed by atoms with van der Waals surface area (Å²) in [5, 5.41) is 0. The van der Waals surface area contributed by atoms with Crippen LogP contribution in [0.3, 0.4) is 0 Å². The van der Waals surface area contributed by atoms with E-state index >= 15 is 0 Å². The van der Waals surface area contributed by atoms with Gasteiger partial charge in [-0.1, -0.05) is 45.0 Å². The summed E-state index contributed by atoms with van der Waals surface area (Å²) in [6.07, 6.45) is 0.778. The zero-order valence-electron chi connectivity index (χ0n) is 13.2. The Morgan fingerprint density at radius 1 is 1.14 bits per heavy atom. The van der Waals surface area contributed by atoms with Gasteiger partial charge in [0.1, 0.15) is 18.2 Å². The Labute approximate surface area is 130 Å². The molecule has 3 heteroatoms. The Morgan fingerprint density at radius 3 is 2.55 bits per heavy atom. The van der Waals surface area contributed by atoms with Crippen LogP contribution >= 0.6 is 0 Å². The van der Waals surface area contributed by atoms with Gasteiger partial charge in [0.15, 0.2) is 5.78 Å². The Bertz CT molecular complexity index is 662. The molecular weight excluding hydrogens is 279 g/mol. The van der Waals surface area contributed by atoms with Crippen molar-refractivity contribution in [2.75, 3.05) is 0 Å². The molecule has 0 aliphatic heterocycles. The Hall–Kier alpha value is -2.16. The van der Waals surface area contributed by atoms with Crippen molar-refractivity contribution in [1.82, 2.24) is 0 Å². The smallest absolute Gasteiger partial charge is 0.168 e. The molecule has 0 bridgehead atoms. The molecule has 0 spiro atoms. The number of benzene rings is 2. The van der Waals surface area contributed by atoms with E-state index in [1.807, 2.05) is 20.8 Å². The summed E-state index contributed by atoms with van der Waals surface area (Å²) in [5.41, 5.74) is 1.01. The molecule has 116 valence electrons. The van der Waals surface area contributed by atoms with Gasteiger partial charge in [-0.3, -0.25) is 4.79 Å². The second-order valence-electron chi connectivity index (χ2n) is 6.01. The van der Waals surface area contributed by atoms with Crippen molar-refractivity contribution in [1.29, 1.82) is 0 Å². The van der Waals surface area contributed by atoms with Gasteiger partial charge < -0.3 is 4.74 Å². The van der Waals surface area contributed by atoms with Gasteiger partial charge in [0.2, 0.25) is 0 Å². The monoisotopic (exact) mass is 300 g/mol. The fourth-order valence-corrected chi connectivity index (χ4v) is 2.07. The SMILES string of the molecule is CCC(C)(C)C(=O)c1cccc(OCc2cccc(F)c2)c1. The number of halogens is 1. The third-order valence-electron chi connectivity index (χ3n) is 3.89. The highest BCUT2D eigenvalue weighted by molar-refractivity contribution is 6.00. The number of carbonyl (C=O) groups excluding carboxylic acids is 1. The molecule has 0 radical (unpaired) electrons. The second-order valence-corrected chi connectivity index (χ2v) is 6.01. The van der Waals surface area contributed by atoms with Crippen LogP contribution in [-0.4, -0.2) is 5.78 Å². The van der Waals surface area contributed by atoms with Gasteiger partial charge in [0.25, 0.3) is 0 Å². The molecule has 2 nitrogen and oxygen atoms in total. The van der Waals surface area contributed by atoms with E-state index in [0.29, 0.717) is 11.3 Å². The van der Waals surface area contributed by atoms with Gasteiger partial charge in [0.05, 0.1) is 0 Å². The number of hydrogen-bond donors (Lipinski definition) is 0. The maximum absolute atomic E-state index is 13.1. The zero-order chi connectivity index (χ0) is 16.2. The molecule has 0 saturated heterocycles. The summed E-state index contributed by atoms with van der Waals surface area (Å²) in [6.45, 7) is 6.15. The van der Waals surface area contributed by atoms with Crippen molar-refractivity contribution in [2.45, 2.75) is 33.8 Å². The van der Waals surface area contributed by atoms with Crippen molar-refractivity contribution < 1.29 is 13.9 Å². The van der Waals surface area contributed by atoms with Crippen LogP contribution in [0.1, 0.15) is 43.1 Å². The lowest BCUT2D eigenvalue weighted by Crippen LogP contribution is -2.23. The molecule has 0 unspecified atom stereocenters. The first-order valence-electron chi connectivity index (χ1n) is 7.44. The standard InChI is InChI=1S/C19H21FO2/c1-4-19(2,3)18(21)15-8-6-10-17(12-15)22-13-14-7-5-9-16(20)11-14/h5-12H,4,13H2,1-3H3. The molecule has 0 aliphatic rings. The van der Waals surface area contributed by atoms with Gasteiger partial charge in [0, 0.05) is 11.0 Å². The zero-order valence-corrected chi connectivity index (χ0v) is 13.2. The van der Waals surface area contributed by atoms with E-state index < -0.39 is 0 Å². The van der Waals surface area contributed by atoms with Crippen molar-refractivity contribution in [3.8, 4) is 5.75 Å². The van der Waals surface area contributed by atoms with E-state index in [2.05, 4.69) is 0 Å². The minimum atomic E-state index is -0.388. The van der Waals surface area contributed by atoms with E-state index in [0.717, 1.165) is 12.0 Å². The maximum Gasteiger partial charge on any atom is 0.168 e. The average Bonchev–Trinajstić information content (AvgIpc) is 2.52. The molecule has 22 heavy (non-hydrogen) atoms. The Morgan fingerprint density at radius 2 is 1.86 bits per heavy atom. The van der Waals surface area contributed by atoms with Crippen molar-refractivity contribution in [2.24, 2.45) is 5.41 Å². The first-order valence-corrected chi connectivity index (χ1v) is 7.44. The van der Waals surface area contributed by atoms with Crippen LogP contribution in [0.4, 0.5) is 4.39 Å². The molecule has 0 amide bonds. The van der Waals surface area contributed by atoms with Gasteiger partial charge >= 0.3 is 0 Å². The van der Waals surface area contributed by atoms with Crippen LogP contribution in [0.2, 0.25) is 0 Å². The normalized spacial score (nSPS) is 11.3. The fraction of sp³-hybridized carbons (Fsp3) is 0.316. The number of rotatable bonds is 6. The fourth-order valence-electron chi connectivity index (χ4n) is 2.07. The molecule has 0 heterocycles. The van der Waals surface area contributed by atoms with E-state index in [1.54, 1.807) is 36.4 Å². The molecule has 2 aromatic rings. The predicted octanol–water partition coefficient (Wildman–Crippen LogP) is 5.02. The molecule has 0 N–H and O–H groups in total. The quantitative estimate of drug-likeness (QED) is 0.700. The summed E-state index contributed by atoms with van der Waals surface area (Å²) in [6, 6.07) is 13.4. The van der Waals surface area contributed by atoms with Crippen LogP contribution in [0.25, 0.3) is 0 Å². The van der Waals surface area contributed by atoms with Crippen molar-refractivity contribution >= 4 is 5.78 Å². The Kier molecular flexibility index (Phi) is 4.96. The highest BCUT2D eigenvalue weighted by Crippen LogP contribution is 2.27. The van der Waals surface area contributed by atoms with Crippen molar-refractivity contribution in [3.63, 3.8) is 0 Å². The van der Waals surface area contributed by atoms with Gasteiger partial charge in [-0.15, -0.1) is 0 Å². The van der Waals surface area contributed by atoms with E-state index in [-0.39, 0.29) is 23.6 Å². The van der Waals surface area contributed by atoms with Crippen LogP contribution in [0.15, 0.2) is 48.5 Å². The highest BCUT2D eigenvalue weighted by atomic mass is 19.1. The highest BCUT2D eigenvalue weighted by Gasteiger charge is 2.26. The molecule has 0 fully saturated rings. The lowest BCUT2D eigenvalue weighted by molar-refractivity contribution is 0.0832. The second kappa shape index (κ2) is 6.73. The summed E-state index contributed by atoms with van der Waals surface area (Å²) in [7, 11) is 0. The molecule has 0 atom stereocenters. The average molecular weight is 300 g/mol. The van der Waals surface area contributed by atoms with E-state index in [4.69, 9.17) is 4.74 Å². The first-order chi connectivity index (χ1) is 10.4. The van der Waals surface area contributed by atoms with Gasteiger partial charge in [-0.05, 0) is 36.2 Å². The van der Waals surface area contributed by atoms with Gasteiger partial charge in [-0.25, -0.2) is 4.39 Å². The molecule has 0 aromatic heterocycles. The molecule has 0 saturated carbocycles. The van der Waals surface area contributed by atoms with Crippen LogP contribution < -0.4 is 4.74 Å². The molecule has 2 aromatic carbocycles. The first kappa shape index (κ1) is 16.2. The Balaban J connectivity index is 2.10. The van der Waals surface area contributed by atoms with Crippen LogP contribution in [0, 0.1) is 11.2 Å². The molecule has 2 rings (SSSR count). The minimum absolute atomic E-state index is 0.103. The number of Topliss-reactive ketones (excluding diaryl/α,β-unsaturated/α-hetero) is 1. The number of ketones is 1. The van der Waals surface area contributed by atoms with Crippen molar-refractivity contribution in [3.05, 3.63) is 65.5 Å². The van der Waals surface area contributed by atoms with Gasteiger partial charge in [-0.2, -0.15) is 0 Å². The number of hydrogen-bond acceptors (Lipinski definition) is 2. The minimum Gasteiger partial charge on any atom is -0.489 e. The van der Waals surface area contributed by atoms with Crippen LogP contribution in [0.5, 0.6) is 5.75 Å². The number of ether oxygens (including phenoxy) is 1. The summed E-state index contributed by atoms with van der Waals surface area (Å²) >= 11 is 0. The number of carbonyl (C=O) groups is 1. The third-order valence-corrected chi connectivity index (χ3v) is 3.89. The third kappa shape index (κ3) is 3.94. The lowest BCUT2D eigenvalue weighted by Gasteiger charge is -2.21. The largest absolute Gasteiger partial charge is 0.489 e. The molecular formula is C19H21FO2. The molecule has 0 aliphatic carbocycles. The summed E-state index contributed by atoms with van der Waals surface area (Å²) < 4.78 is 18.8.